The van der Waals surface area contributed by atoms with Crippen molar-refractivity contribution in [1.82, 2.24) is 10.2 Å². The molecule has 2 aliphatic rings. The summed E-state index contributed by atoms with van der Waals surface area (Å²) in [6, 6.07) is 6.55. The number of thiocarbonyl (C=S) groups is 1. The molecule has 0 spiro atoms. The van der Waals surface area contributed by atoms with Crippen molar-refractivity contribution in [2.75, 3.05) is 6.54 Å². The van der Waals surface area contributed by atoms with Gasteiger partial charge in [0.15, 0.2) is 10.8 Å². The smallest absolute Gasteiger partial charge is 0.184 e. The lowest BCUT2D eigenvalue weighted by molar-refractivity contribution is -0.0631. The van der Waals surface area contributed by atoms with Gasteiger partial charge in [0.05, 0.1) is 6.04 Å². The third-order valence-electron chi connectivity index (χ3n) is 3.88. The first-order chi connectivity index (χ1) is 9.03. The van der Waals surface area contributed by atoms with Crippen molar-refractivity contribution in [3.63, 3.8) is 0 Å². The molecular weight excluding hydrogens is 256 g/mol. The van der Waals surface area contributed by atoms with Crippen LogP contribution < -0.4 is 10.1 Å². The van der Waals surface area contributed by atoms with Gasteiger partial charge in [-0.05, 0) is 32.1 Å². The molecule has 100 valence electrons. The maximum atomic E-state index is 6.23. The van der Waals surface area contributed by atoms with E-state index >= 15 is 0 Å². The Bertz CT molecular complexity index is 557. The van der Waals surface area contributed by atoms with Crippen LogP contribution in [-0.4, -0.2) is 22.3 Å². The molecule has 1 aromatic rings. The largest absolute Gasteiger partial charge is 0.468 e. The number of nitrogens with zero attached hydrogens (tertiary/aromatic N) is 1. The first-order valence-electron chi connectivity index (χ1n) is 6.52. The van der Waals surface area contributed by atoms with Crippen LogP contribution in [0.2, 0.25) is 0 Å². The van der Waals surface area contributed by atoms with Crippen LogP contribution in [0.15, 0.2) is 30.9 Å². The van der Waals surface area contributed by atoms with Crippen LogP contribution in [-0.2, 0) is 0 Å². The zero-order valence-corrected chi connectivity index (χ0v) is 12.1. The minimum absolute atomic E-state index is 0.238. The molecule has 0 amide bonds. The lowest BCUT2D eigenvalue weighted by Crippen LogP contribution is -2.64. The molecule has 0 aromatic heterocycles. The van der Waals surface area contributed by atoms with Crippen LogP contribution in [0.25, 0.3) is 0 Å². The Kier molecular flexibility index (Phi) is 2.78. The summed E-state index contributed by atoms with van der Waals surface area (Å²) in [4.78, 5) is 2.06. The topological polar surface area (TPSA) is 24.5 Å². The first-order valence-corrected chi connectivity index (χ1v) is 6.93. The molecule has 2 atom stereocenters. The van der Waals surface area contributed by atoms with Crippen molar-refractivity contribution in [2.24, 2.45) is 0 Å². The monoisotopic (exact) mass is 274 g/mol. The summed E-state index contributed by atoms with van der Waals surface area (Å²) in [7, 11) is 0. The Labute approximate surface area is 119 Å². The van der Waals surface area contributed by atoms with E-state index < -0.39 is 0 Å². The van der Waals surface area contributed by atoms with E-state index in [0.717, 1.165) is 17.3 Å². The molecule has 1 N–H and O–H groups in total. The van der Waals surface area contributed by atoms with Crippen LogP contribution in [0.1, 0.15) is 30.5 Å². The number of benzene rings is 1. The van der Waals surface area contributed by atoms with Crippen molar-refractivity contribution in [1.29, 1.82) is 0 Å². The minimum atomic E-state index is -0.385. The van der Waals surface area contributed by atoms with Gasteiger partial charge in [-0.15, -0.1) is 6.58 Å². The van der Waals surface area contributed by atoms with Crippen LogP contribution in [0.5, 0.6) is 5.75 Å². The summed E-state index contributed by atoms with van der Waals surface area (Å²) in [6.07, 6.45) is 2.74. The average Bonchev–Trinajstić information content (AvgIpc) is 2.35. The third kappa shape index (κ3) is 1.91. The summed E-state index contributed by atoms with van der Waals surface area (Å²) in [6.45, 7) is 8.68. The second-order valence-electron chi connectivity index (χ2n) is 5.42. The van der Waals surface area contributed by atoms with Crippen molar-refractivity contribution < 1.29 is 4.74 Å². The number of nitrogens with one attached hydrogen (secondary N) is 1. The molecule has 0 aliphatic carbocycles. The van der Waals surface area contributed by atoms with Crippen molar-refractivity contribution in [2.45, 2.75) is 32.0 Å². The van der Waals surface area contributed by atoms with Gasteiger partial charge in [-0.3, -0.25) is 0 Å². The SMILES string of the molecule is C=CCN1C(=S)NC2CC1(C)Oc1ccc(C)cc12. The molecule has 0 radical (unpaired) electrons. The summed E-state index contributed by atoms with van der Waals surface area (Å²) < 4.78 is 6.23. The fraction of sp³-hybridized carbons (Fsp3) is 0.400. The summed E-state index contributed by atoms with van der Waals surface area (Å²) in [5, 5.41) is 4.16. The first kappa shape index (κ1) is 12.5. The van der Waals surface area contributed by atoms with Crippen molar-refractivity contribution >= 4 is 17.3 Å². The Morgan fingerprint density at radius 2 is 2.42 bits per heavy atom. The molecule has 1 saturated heterocycles. The summed E-state index contributed by atoms with van der Waals surface area (Å²) in [5.41, 5.74) is 2.06. The molecule has 3 nitrogen and oxygen atoms in total. The van der Waals surface area contributed by atoms with Crippen molar-refractivity contribution in [3.8, 4) is 5.75 Å². The minimum Gasteiger partial charge on any atom is -0.468 e. The molecular formula is C15H18N2OS. The fourth-order valence-electron chi connectivity index (χ4n) is 2.94. The van der Waals surface area contributed by atoms with Gasteiger partial charge < -0.3 is 15.0 Å². The maximum absolute atomic E-state index is 6.23. The van der Waals surface area contributed by atoms with E-state index in [0.29, 0.717) is 6.54 Å². The number of aryl methyl sites for hydroxylation is 1. The number of hydrogen-bond donors (Lipinski definition) is 1. The van der Waals surface area contributed by atoms with Gasteiger partial charge in [0.25, 0.3) is 0 Å². The number of fused-ring (bicyclic) bond motifs is 4. The third-order valence-corrected chi connectivity index (χ3v) is 4.22. The molecule has 4 heteroatoms. The fourth-order valence-corrected chi connectivity index (χ4v) is 3.35. The van der Waals surface area contributed by atoms with Crippen LogP contribution in [0.3, 0.4) is 0 Å². The normalized spacial score (nSPS) is 28.2. The average molecular weight is 274 g/mol. The van der Waals surface area contributed by atoms with E-state index in [9.17, 15) is 0 Å². The van der Waals surface area contributed by atoms with Gasteiger partial charge in [0, 0.05) is 18.5 Å². The van der Waals surface area contributed by atoms with E-state index in [1.165, 1.54) is 11.1 Å². The van der Waals surface area contributed by atoms with Gasteiger partial charge in [-0.1, -0.05) is 23.8 Å². The van der Waals surface area contributed by atoms with Gasteiger partial charge in [-0.25, -0.2) is 0 Å². The Morgan fingerprint density at radius 3 is 3.16 bits per heavy atom. The lowest BCUT2D eigenvalue weighted by Gasteiger charge is -2.52. The van der Waals surface area contributed by atoms with Crippen LogP contribution in [0, 0.1) is 6.92 Å². The molecule has 1 fully saturated rings. The van der Waals surface area contributed by atoms with E-state index in [2.05, 4.69) is 48.8 Å². The van der Waals surface area contributed by atoms with Gasteiger partial charge in [0.1, 0.15) is 5.75 Å². The standard InChI is InChI=1S/C15H18N2OS/c1-4-7-17-14(19)16-12-9-15(17,3)18-13-6-5-10(2)8-11(12)13/h4-6,8,12H,1,7,9H2,2-3H3,(H,16,19). The van der Waals surface area contributed by atoms with E-state index in [4.69, 9.17) is 17.0 Å². The summed E-state index contributed by atoms with van der Waals surface area (Å²) in [5.74, 6) is 0.952. The maximum Gasteiger partial charge on any atom is 0.184 e. The highest BCUT2D eigenvalue weighted by Crippen LogP contribution is 2.44. The predicted molar refractivity (Wildman–Crippen MR) is 80.2 cm³/mol. The van der Waals surface area contributed by atoms with Gasteiger partial charge in [-0.2, -0.15) is 0 Å². The van der Waals surface area contributed by atoms with E-state index in [1.54, 1.807) is 0 Å². The zero-order valence-electron chi connectivity index (χ0n) is 11.3. The highest BCUT2D eigenvalue weighted by atomic mass is 32.1. The van der Waals surface area contributed by atoms with Crippen LogP contribution in [0.4, 0.5) is 0 Å². The molecule has 2 aliphatic heterocycles. The Hall–Kier alpha value is -1.55. The number of ether oxygens (including phenoxy) is 1. The molecule has 2 unspecified atom stereocenters. The lowest BCUT2D eigenvalue weighted by atomic mass is 9.90. The Balaban J connectivity index is 2.05. The second kappa shape index (κ2) is 4.23. The zero-order chi connectivity index (χ0) is 13.6. The molecule has 2 bridgehead atoms. The van der Waals surface area contributed by atoms with Gasteiger partial charge >= 0.3 is 0 Å². The second-order valence-corrected chi connectivity index (χ2v) is 5.81. The molecule has 0 saturated carbocycles. The van der Waals surface area contributed by atoms with E-state index in [1.807, 2.05) is 6.08 Å². The van der Waals surface area contributed by atoms with Crippen molar-refractivity contribution in [3.05, 3.63) is 42.0 Å². The molecule has 19 heavy (non-hydrogen) atoms. The summed E-state index contributed by atoms with van der Waals surface area (Å²) >= 11 is 5.47. The number of hydrogen-bond acceptors (Lipinski definition) is 2. The molecule has 1 aromatic carbocycles. The van der Waals surface area contributed by atoms with E-state index in [-0.39, 0.29) is 11.8 Å². The van der Waals surface area contributed by atoms with Crippen LogP contribution >= 0.6 is 12.2 Å². The highest BCUT2D eigenvalue weighted by molar-refractivity contribution is 7.80. The highest BCUT2D eigenvalue weighted by Gasteiger charge is 2.46. The molecule has 2 heterocycles. The number of rotatable bonds is 2. The Morgan fingerprint density at radius 1 is 1.63 bits per heavy atom. The predicted octanol–water partition coefficient (Wildman–Crippen LogP) is 2.91. The molecule has 3 rings (SSSR count). The quantitative estimate of drug-likeness (QED) is 0.662. The van der Waals surface area contributed by atoms with Gasteiger partial charge in [0.2, 0.25) is 0 Å².